The van der Waals surface area contributed by atoms with E-state index in [1.165, 1.54) is 11.3 Å². The molecule has 0 aliphatic heterocycles. The summed E-state index contributed by atoms with van der Waals surface area (Å²) in [6, 6.07) is 13.2. The Balaban J connectivity index is 1.65. The minimum Gasteiger partial charge on any atom is -0.492 e. The number of ether oxygens (including phenoxy) is 2. The van der Waals surface area contributed by atoms with E-state index in [9.17, 15) is 0 Å². The van der Waals surface area contributed by atoms with Crippen molar-refractivity contribution in [1.29, 1.82) is 0 Å². The van der Waals surface area contributed by atoms with Gasteiger partial charge in [0.25, 0.3) is 5.19 Å². The number of nitrogens with zero attached hydrogens (tertiary/aromatic N) is 2. The van der Waals surface area contributed by atoms with Gasteiger partial charge < -0.3 is 14.4 Å². The zero-order valence-corrected chi connectivity index (χ0v) is 15.9. The van der Waals surface area contributed by atoms with Crippen molar-refractivity contribution in [3.63, 3.8) is 0 Å². The van der Waals surface area contributed by atoms with Gasteiger partial charge in [0, 0.05) is 11.6 Å². The van der Waals surface area contributed by atoms with Gasteiger partial charge in [-0.2, -0.15) is 0 Å². The molecule has 132 valence electrons. The van der Waals surface area contributed by atoms with Gasteiger partial charge in [-0.3, -0.25) is 0 Å². The van der Waals surface area contributed by atoms with Crippen LogP contribution in [0, 0.1) is 0 Å². The van der Waals surface area contributed by atoms with Crippen LogP contribution in [0.5, 0.6) is 16.7 Å². The van der Waals surface area contributed by atoms with Crippen molar-refractivity contribution in [2.45, 2.75) is 13.8 Å². The number of hydrogen-bond acceptors (Lipinski definition) is 5. The van der Waals surface area contributed by atoms with E-state index in [1.54, 1.807) is 12.1 Å². The van der Waals surface area contributed by atoms with Gasteiger partial charge in [-0.1, -0.05) is 36.8 Å². The molecule has 0 saturated heterocycles. The highest BCUT2D eigenvalue weighted by molar-refractivity contribution is 7.20. The van der Waals surface area contributed by atoms with Crippen LogP contribution >= 0.6 is 22.9 Å². The summed E-state index contributed by atoms with van der Waals surface area (Å²) in [5.41, 5.74) is 0.907. The van der Waals surface area contributed by atoms with E-state index in [1.807, 2.05) is 30.3 Å². The van der Waals surface area contributed by atoms with Crippen molar-refractivity contribution < 1.29 is 9.47 Å². The van der Waals surface area contributed by atoms with Crippen LogP contribution in [-0.4, -0.2) is 36.1 Å². The average Bonchev–Trinajstić information content (AvgIpc) is 3.02. The number of likely N-dealkylation sites (N-methyl/N-ethyl adjacent to an activating group) is 1. The van der Waals surface area contributed by atoms with E-state index >= 15 is 0 Å². The smallest absolute Gasteiger partial charge is 0.279 e. The lowest BCUT2D eigenvalue weighted by atomic mass is 10.3. The number of aromatic nitrogens is 1. The van der Waals surface area contributed by atoms with Gasteiger partial charge in [0.1, 0.15) is 18.1 Å². The fourth-order valence-electron chi connectivity index (χ4n) is 2.45. The molecular weight excluding hydrogens is 356 g/mol. The average molecular weight is 377 g/mol. The number of halogens is 1. The Kier molecular flexibility index (Phi) is 6.13. The monoisotopic (exact) mass is 376 g/mol. The first-order valence-electron chi connectivity index (χ1n) is 8.37. The summed E-state index contributed by atoms with van der Waals surface area (Å²) >= 11 is 7.39. The Labute approximate surface area is 157 Å². The molecule has 1 aromatic heterocycles. The summed E-state index contributed by atoms with van der Waals surface area (Å²) in [5, 5.41) is 1.29. The van der Waals surface area contributed by atoms with Crippen molar-refractivity contribution in [2.24, 2.45) is 0 Å². The molecule has 0 aliphatic rings. The molecule has 0 spiro atoms. The second kappa shape index (κ2) is 8.52. The molecule has 1 heterocycles. The summed E-state index contributed by atoms with van der Waals surface area (Å²) in [7, 11) is 0. The molecule has 0 radical (unpaired) electrons. The highest BCUT2D eigenvalue weighted by Crippen LogP contribution is 2.33. The van der Waals surface area contributed by atoms with Crippen LogP contribution in [0.4, 0.5) is 0 Å². The lowest BCUT2D eigenvalue weighted by molar-refractivity contribution is 0.223. The van der Waals surface area contributed by atoms with E-state index in [-0.39, 0.29) is 0 Å². The highest BCUT2D eigenvalue weighted by atomic mass is 35.5. The van der Waals surface area contributed by atoms with Gasteiger partial charge in [-0.25, -0.2) is 4.98 Å². The number of thiazole rings is 1. The number of benzene rings is 2. The molecule has 4 nitrogen and oxygen atoms in total. The molecule has 0 fully saturated rings. The lowest BCUT2D eigenvalue weighted by Gasteiger charge is -2.17. The minimum absolute atomic E-state index is 0.609. The van der Waals surface area contributed by atoms with E-state index in [0.29, 0.717) is 16.8 Å². The molecule has 0 saturated carbocycles. The largest absolute Gasteiger partial charge is 0.492 e. The number of rotatable bonds is 8. The molecule has 0 atom stereocenters. The maximum Gasteiger partial charge on any atom is 0.279 e. The summed E-state index contributed by atoms with van der Waals surface area (Å²) in [5.74, 6) is 1.58. The Bertz CT molecular complexity index is 816. The Morgan fingerprint density at radius 3 is 2.48 bits per heavy atom. The lowest BCUT2D eigenvalue weighted by Crippen LogP contribution is -2.27. The molecule has 0 bridgehead atoms. The van der Waals surface area contributed by atoms with Crippen LogP contribution < -0.4 is 9.47 Å². The molecule has 25 heavy (non-hydrogen) atoms. The fraction of sp³-hybridized carbons (Fsp3) is 0.316. The maximum atomic E-state index is 5.89. The second-order valence-electron chi connectivity index (χ2n) is 5.54. The van der Waals surface area contributed by atoms with Gasteiger partial charge in [0.05, 0.1) is 10.2 Å². The SMILES string of the molecule is CCN(CC)CCOc1ccc2nc(Oc3ccc(Cl)cc3)sc2c1. The quantitative estimate of drug-likeness (QED) is 0.522. The van der Waals surface area contributed by atoms with Crippen LogP contribution in [0.3, 0.4) is 0 Å². The molecule has 2 aromatic carbocycles. The molecular formula is C19H21ClN2O2S. The molecule has 0 amide bonds. The molecule has 3 aromatic rings. The predicted octanol–water partition coefficient (Wildman–Crippen LogP) is 5.46. The first-order valence-corrected chi connectivity index (χ1v) is 9.56. The minimum atomic E-state index is 0.609. The van der Waals surface area contributed by atoms with Gasteiger partial charge in [-0.05, 0) is 55.6 Å². The van der Waals surface area contributed by atoms with Crippen LogP contribution in [0.15, 0.2) is 42.5 Å². The zero-order chi connectivity index (χ0) is 17.6. The number of fused-ring (bicyclic) bond motifs is 1. The second-order valence-corrected chi connectivity index (χ2v) is 6.97. The third kappa shape index (κ3) is 4.84. The zero-order valence-electron chi connectivity index (χ0n) is 14.4. The first kappa shape index (κ1) is 18.0. The topological polar surface area (TPSA) is 34.6 Å². The molecule has 0 aliphatic carbocycles. The summed E-state index contributed by atoms with van der Waals surface area (Å²) in [4.78, 5) is 6.84. The summed E-state index contributed by atoms with van der Waals surface area (Å²) in [6.07, 6.45) is 0. The normalized spacial score (nSPS) is 11.2. The van der Waals surface area contributed by atoms with Crippen LogP contribution in [-0.2, 0) is 0 Å². The van der Waals surface area contributed by atoms with E-state index in [2.05, 4.69) is 23.7 Å². The predicted molar refractivity (Wildman–Crippen MR) is 104 cm³/mol. The maximum absolute atomic E-state index is 5.89. The van der Waals surface area contributed by atoms with Gasteiger partial charge in [0.15, 0.2) is 0 Å². The Morgan fingerprint density at radius 2 is 1.76 bits per heavy atom. The van der Waals surface area contributed by atoms with Gasteiger partial charge >= 0.3 is 0 Å². The Morgan fingerprint density at radius 1 is 1.04 bits per heavy atom. The third-order valence-corrected chi connectivity index (χ3v) is 5.08. The third-order valence-electron chi connectivity index (χ3n) is 3.93. The Hall–Kier alpha value is -1.82. The molecule has 0 unspecified atom stereocenters. The van der Waals surface area contributed by atoms with Crippen molar-refractivity contribution in [3.05, 3.63) is 47.5 Å². The van der Waals surface area contributed by atoms with Crippen molar-refractivity contribution in [2.75, 3.05) is 26.2 Å². The van der Waals surface area contributed by atoms with Crippen molar-refractivity contribution in [3.8, 4) is 16.7 Å². The van der Waals surface area contributed by atoms with Gasteiger partial charge in [-0.15, -0.1) is 0 Å². The van der Waals surface area contributed by atoms with Crippen LogP contribution in [0.1, 0.15) is 13.8 Å². The van der Waals surface area contributed by atoms with Gasteiger partial charge in [0.2, 0.25) is 0 Å². The highest BCUT2D eigenvalue weighted by Gasteiger charge is 2.08. The molecule has 6 heteroatoms. The van der Waals surface area contributed by atoms with E-state index in [0.717, 1.165) is 41.3 Å². The summed E-state index contributed by atoms with van der Waals surface area (Å²) < 4.78 is 12.7. The molecule has 3 rings (SSSR count). The van der Waals surface area contributed by atoms with Crippen LogP contribution in [0.25, 0.3) is 10.2 Å². The standard InChI is InChI=1S/C19H21ClN2O2S/c1-3-22(4-2)11-12-23-16-9-10-17-18(13-16)25-19(21-17)24-15-7-5-14(20)6-8-15/h5-10,13H,3-4,11-12H2,1-2H3. The molecule has 0 N–H and O–H groups in total. The van der Waals surface area contributed by atoms with E-state index in [4.69, 9.17) is 21.1 Å². The first-order chi connectivity index (χ1) is 12.2. The van der Waals surface area contributed by atoms with E-state index < -0.39 is 0 Å². The fourth-order valence-corrected chi connectivity index (χ4v) is 3.44. The van der Waals surface area contributed by atoms with Crippen molar-refractivity contribution >= 4 is 33.2 Å². The summed E-state index contributed by atoms with van der Waals surface area (Å²) in [6.45, 7) is 8.02. The number of hydrogen-bond donors (Lipinski definition) is 0. The van der Waals surface area contributed by atoms with Crippen molar-refractivity contribution in [1.82, 2.24) is 9.88 Å². The van der Waals surface area contributed by atoms with Crippen LogP contribution in [0.2, 0.25) is 5.02 Å².